The number of halogens is 1. The molecular weight excluding hydrogens is 429 g/mol. The van der Waals surface area contributed by atoms with Gasteiger partial charge in [0, 0.05) is 45.8 Å². The van der Waals surface area contributed by atoms with Crippen LogP contribution in [-0.2, 0) is 11.3 Å². The lowest BCUT2D eigenvalue weighted by Gasteiger charge is -2.25. The van der Waals surface area contributed by atoms with E-state index in [0.29, 0.717) is 12.0 Å². The molecule has 0 aromatic carbocycles. The van der Waals surface area contributed by atoms with Crippen molar-refractivity contribution >= 4 is 35.8 Å². The van der Waals surface area contributed by atoms with E-state index in [9.17, 15) is 0 Å². The van der Waals surface area contributed by atoms with Gasteiger partial charge in [0.1, 0.15) is 5.82 Å². The summed E-state index contributed by atoms with van der Waals surface area (Å²) in [5.41, 5.74) is 1.34. The summed E-state index contributed by atoms with van der Waals surface area (Å²) in [5.74, 6) is 1.97. The molecule has 1 aromatic rings. The Bertz CT molecular complexity index is 587. The largest absolute Gasteiger partial charge is 0.381 e. The van der Waals surface area contributed by atoms with Crippen LogP contribution in [0.1, 0.15) is 25.5 Å². The van der Waals surface area contributed by atoms with Crippen LogP contribution in [0.4, 0.5) is 5.82 Å². The van der Waals surface area contributed by atoms with E-state index in [1.54, 1.807) is 0 Å². The van der Waals surface area contributed by atoms with Gasteiger partial charge >= 0.3 is 0 Å². The van der Waals surface area contributed by atoms with Gasteiger partial charge in [-0.2, -0.15) is 0 Å². The van der Waals surface area contributed by atoms with Crippen LogP contribution in [0.5, 0.6) is 0 Å². The molecule has 25 heavy (non-hydrogen) atoms. The van der Waals surface area contributed by atoms with Crippen LogP contribution >= 0.6 is 24.0 Å². The third-order valence-electron chi connectivity index (χ3n) is 4.90. The van der Waals surface area contributed by atoms with Crippen molar-refractivity contribution in [2.24, 2.45) is 10.4 Å². The molecule has 0 radical (unpaired) electrons. The maximum atomic E-state index is 5.63. The zero-order valence-corrected chi connectivity index (χ0v) is 17.8. The van der Waals surface area contributed by atoms with E-state index in [1.165, 1.54) is 12.8 Å². The highest BCUT2D eigenvalue weighted by molar-refractivity contribution is 14.0. The minimum absolute atomic E-state index is 0. The summed E-state index contributed by atoms with van der Waals surface area (Å²) in [6.45, 7) is 7.50. The standard InChI is InChI=1S/C18H29N5O.HI/c1-4-19-17(23-10-8-18(13-23)9-11-24-14-18)20-12-15-6-5-7-16(21-15)22(2)3;/h5-7H,4,8-14H2,1-3H3,(H,19,20);1H. The third kappa shape index (κ3) is 4.97. The molecule has 1 spiro atoms. The number of ether oxygens (including phenoxy) is 1. The molecule has 0 saturated carbocycles. The van der Waals surface area contributed by atoms with Crippen molar-refractivity contribution in [2.45, 2.75) is 26.3 Å². The van der Waals surface area contributed by atoms with Gasteiger partial charge < -0.3 is 19.9 Å². The summed E-state index contributed by atoms with van der Waals surface area (Å²) in [6, 6.07) is 6.10. The predicted octanol–water partition coefficient (Wildman–Crippen LogP) is 2.34. The number of nitrogens with one attached hydrogen (secondary N) is 1. The number of hydrogen-bond acceptors (Lipinski definition) is 4. The Kier molecular flexibility index (Phi) is 7.30. The van der Waals surface area contributed by atoms with E-state index >= 15 is 0 Å². The van der Waals surface area contributed by atoms with Gasteiger partial charge in [0.2, 0.25) is 0 Å². The van der Waals surface area contributed by atoms with Gasteiger partial charge in [-0.25, -0.2) is 9.98 Å². The van der Waals surface area contributed by atoms with Crippen molar-refractivity contribution in [3.05, 3.63) is 23.9 Å². The van der Waals surface area contributed by atoms with E-state index in [4.69, 9.17) is 9.73 Å². The highest BCUT2D eigenvalue weighted by Crippen LogP contribution is 2.38. The summed E-state index contributed by atoms with van der Waals surface area (Å²) >= 11 is 0. The maximum absolute atomic E-state index is 5.63. The van der Waals surface area contributed by atoms with Crippen LogP contribution in [0.15, 0.2) is 23.2 Å². The van der Waals surface area contributed by atoms with E-state index < -0.39 is 0 Å². The average Bonchev–Trinajstić information content (AvgIpc) is 3.22. The predicted molar refractivity (Wildman–Crippen MR) is 113 cm³/mol. The Morgan fingerprint density at radius 1 is 1.40 bits per heavy atom. The van der Waals surface area contributed by atoms with Crippen LogP contribution in [0.2, 0.25) is 0 Å². The number of aliphatic imine (C=N–C) groups is 1. The second-order valence-electron chi connectivity index (χ2n) is 7.03. The molecule has 2 aliphatic heterocycles. The molecule has 0 aliphatic carbocycles. The Morgan fingerprint density at radius 3 is 2.92 bits per heavy atom. The molecule has 1 atom stereocenters. The van der Waals surface area contributed by atoms with E-state index in [2.05, 4.69) is 22.1 Å². The van der Waals surface area contributed by atoms with Crippen LogP contribution in [-0.4, -0.2) is 62.8 Å². The molecule has 3 rings (SSSR count). The summed E-state index contributed by atoms with van der Waals surface area (Å²) in [6.07, 6.45) is 2.38. The molecule has 1 N–H and O–H groups in total. The summed E-state index contributed by atoms with van der Waals surface area (Å²) in [4.78, 5) is 13.9. The fourth-order valence-electron chi connectivity index (χ4n) is 3.47. The minimum Gasteiger partial charge on any atom is -0.381 e. The third-order valence-corrected chi connectivity index (χ3v) is 4.90. The second-order valence-corrected chi connectivity index (χ2v) is 7.03. The molecule has 6 nitrogen and oxygen atoms in total. The lowest BCUT2D eigenvalue weighted by molar-refractivity contribution is 0.156. The van der Waals surface area contributed by atoms with Crippen molar-refractivity contribution in [3.63, 3.8) is 0 Å². The zero-order valence-electron chi connectivity index (χ0n) is 15.5. The molecule has 1 unspecified atom stereocenters. The molecule has 7 heteroatoms. The van der Waals surface area contributed by atoms with Crippen LogP contribution < -0.4 is 10.2 Å². The van der Waals surface area contributed by atoms with Crippen molar-refractivity contribution in [3.8, 4) is 0 Å². The Morgan fingerprint density at radius 2 is 2.24 bits per heavy atom. The molecule has 3 heterocycles. The van der Waals surface area contributed by atoms with Gasteiger partial charge in [0.05, 0.1) is 18.8 Å². The first-order chi connectivity index (χ1) is 11.6. The van der Waals surface area contributed by atoms with Gasteiger partial charge in [0.15, 0.2) is 5.96 Å². The van der Waals surface area contributed by atoms with Gasteiger partial charge in [-0.15, -0.1) is 24.0 Å². The van der Waals surface area contributed by atoms with Crippen molar-refractivity contribution in [2.75, 3.05) is 51.8 Å². The number of nitrogens with zero attached hydrogens (tertiary/aromatic N) is 4. The fraction of sp³-hybridized carbons (Fsp3) is 0.667. The first-order valence-corrected chi connectivity index (χ1v) is 8.86. The quantitative estimate of drug-likeness (QED) is 0.426. The van der Waals surface area contributed by atoms with Crippen LogP contribution in [0.25, 0.3) is 0 Å². The number of guanidine groups is 1. The monoisotopic (exact) mass is 459 g/mol. The number of hydrogen-bond donors (Lipinski definition) is 1. The topological polar surface area (TPSA) is 53.0 Å². The Balaban J connectivity index is 0.00000225. The smallest absolute Gasteiger partial charge is 0.194 e. The second kappa shape index (κ2) is 9.02. The van der Waals surface area contributed by atoms with Gasteiger partial charge in [0.25, 0.3) is 0 Å². The maximum Gasteiger partial charge on any atom is 0.194 e. The van der Waals surface area contributed by atoms with Crippen LogP contribution in [0.3, 0.4) is 0 Å². The van der Waals surface area contributed by atoms with Crippen molar-refractivity contribution < 1.29 is 4.74 Å². The number of rotatable bonds is 4. The summed E-state index contributed by atoms with van der Waals surface area (Å²) in [7, 11) is 4.01. The fourth-order valence-corrected chi connectivity index (χ4v) is 3.47. The molecular formula is C18H30IN5O. The molecule has 2 saturated heterocycles. The lowest BCUT2D eigenvalue weighted by Crippen LogP contribution is -2.41. The lowest BCUT2D eigenvalue weighted by atomic mass is 9.87. The van der Waals surface area contributed by atoms with Crippen molar-refractivity contribution in [1.29, 1.82) is 0 Å². The zero-order chi connectivity index (χ0) is 17.0. The molecule has 2 fully saturated rings. The number of likely N-dealkylation sites (tertiary alicyclic amines) is 1. The van der Waals surface area contributed by atoms with E-state index in [1.807, 2.05) is 37.2 Å². The number of pyridine rings is 1. The Hall–Kier alpha value is -1.09. The average molecular weight is 459 g/mol. The summed E-state index contributed by atoms with van der Waals surface area (Å²) in [5, 5.41) is 3.44. The normalized spacial score (nSPS) is 23.0. The first kappa shape index (κ1) is 20.2. The highest BCUT2D eigenvalue weighted by atomic mass is 127. The molecule has 2 aliphatic rings. The number of aromatic nitrogens is 1. The molecule has 0 amide bonds. The minimum atomic E-state index is 0. The number of anilines is 1. The van der Waals surface area contributed by atoms with E-state index in [0.717, 1.165) is 50.3 Å². The van der Waals surface area contributed by atoms with E-state index in [-0.39, 0.29) is 24.0 Å². The molecule has 140 valence electrons. The SMILES string of the molecule is CCNC(=NCc1cccc(N(C)C)n1)N1CCC2(CCOC2)C1.I. The molecule has 1 aromatic heterocycles. The van der Waals surface area contributed by atoms with Gasteiger partial charge in [-0.1, -0.05) is 6.07 Å². The molecule has 0 bridgehead atoms. The van der Waals surface area contributed by atoms with Crippen LogP contribution in [0, 0.1) is 5.41 Å². The van der Waals surface area contributed by atoms with Crippen molar-refractivity contribution in [1.82, 2.24) is 15.2 Å². The first-order valence-electron chi connectivity index (χ1n) is 8.86. The highest BCUT2D eigenvalue weighted by Gasteiger charge is 2.42. The Labute approximate surface area is 168 Å². The summed E-state index contributed by atoms with van der Waals surface area (Å²) < 4.78 is 5.63. The van der Waals surface area contributed by atoms with Gasteiger partial charge in [-0.05, 0) is 31.9 Å². The van der Waals surface area contributed by atoms with Gasteiger partial charge in [-0.3, -0.25) is 0 Å².